The van der Waals surface area contributed by atoms with Crippen LogP contribution in [-0.2, 0) is 9.59 Å². The van der Waals surface area contributed by atoms with Crippen LogP contribution in [-0.4, -0.2) is 52.9 Å². The van der Waals surface area contributed by atoms with Crippen molar-refractivity contribution in [1.82, 2.24) is 9.80 Å². The smallest absolute Gasteiger partial charge is 0.256 e. The lowest BCUT2D eigenvalue weighted by Crippen LogP contribution is -2.46. The molecule has 0 aromatic heterocycles. The molecule has 26 heavy (non-hydrogen) atoms. The van der Waals surface area contributed by atoms with E-state index >= 15 is 0 Å². The Labute approximate surface area is 159 Å². The van der Waals surface area contributed by atoms with Crippen molar-refractivity contribution in [2.24, 2.45) is 11.3 Å². The van der Waals surface area contributed by atoms with Crippen LogP contribution in [0.5, 0.6) is 0 Å². The minimum absolute atomic E-state index is 0.0158. The van der Waals surface area contributed by atoms with Crippen LogP contribution in [0.1, 0.15) is 44.8 Å². The lowest BCUT2D eigenvalue weighted by molar-refractivity contribution is -0.142. The lowest BCUT2D eigenvalue weighted by Gasteiger charge is -2.39. The maximum absolute atomic E-state index is 12.7. The first-order valence-electron chi connectivity index (χ1n) is 9.30. The highest BCUT2D eigenvalue weighted by Gasteiger charge is 2.45. The van der Waals surface area contributed by atoms with E-state index in [9.17, 15) is 14.7 Å². The Kier molecular flexibility index (Phi) is 5.58. The molecule has 2 fully saturated rings. The number of carbonyl (C=O) groups excluding carboxylic acids is 2. The van der Waals surface area contributed by atoms with Crippen molar-refractivity contribution in [2.45, 2.75) is 39.2 Å². The number of amides is 2. The molecule has 0 aliphatic carbocycles. The molecule has 5 nitrogen and oxygen atoms in total. The largest absolute Gasteiger partial charge is 0.378 e. The number of aliphatic hydroxyl groups excluding tert-OH is 1. The van der Waals surface area contributed by atoms with Gasteiger partial charge in [0.1, 0.15) is 0 Å². The van der Waals surface area contributed by atoms with E-state index in [-0.39, 0.29) is 17.2 Å². The molecule has 0 unspecified atom stereocenters. The summed E-state index contributed by atoms with van der Waals surface area (Å²) in [4.78, 5) is 28.7. The van der Waals surface area contributed by atoms with Gasteiger partial charge in [-0.15, -0.1) is 0 Å². The zero-order valence-electron chi connectivity index (χ0n) is 15.4. The van der Waals surface area contributed by atoms with Gasteiger partial charge in [0.05, 0.1) is 0 Å². The van der Waals surface area contributed by atoms with E-state index in [0.29, 0.717) is 36.0 Å². The van der Waals surface area contributed by atoms with E-state index in [1.165, 1.54) is 0 Å². The first-order valence-corrected chi connectivity index (χ1v) is 9.68. The highest BCUT2D eigenvalue weighted by Crippen LogP contribution is 2.41. The van der Waals surface area contributed by atoms with Gasteiger partial charge >= 0.3 is 0 Å². The summed E-state index contributed by atoms with van der Waals surface area (Å²) in [6, 6.07) is 6.88. The molecule has 0 radical (unpaired) electrons. The fraction of sp³-hybridized carbons (Fsp3) is 0.600. The predicted molar refractivity (Wildman–Crippen MR) is 101 cm³/mol. The Balaban J connectivity index is 1.61. The standard InChI is InChI=1S/C20H27ClN2O3/c1-14(2)12-23-13-20(11-17(23)24)7-9-22(10-8-20)19(26)18(25)15-5-3-4-6-16(15)21/h3-6,14,18,25H,7-13H2,1-2H3/t18-/m1/s1. The van der Waals surface area contributed by atoms with Crippen molar-refractivity contribution < 1.29 is 14.7 Å². The minimum atomic E-state index is -1.24. The number of carbonyl (C=O) groups is 2. The second kappa shape index (κ2) is 7.57. The van der Waals surface area contributed by atoms with E-state index < -0.39 is 6.10 Å². The van der Waals surface area contributed by atoms with Gasteiger partial charge in [0, 0.05) is 48.6 Å². The summed E-state index contributed by atoms with van der Waals surface area (Å²) >= 11 is 6.10. The third kappa shape index (κ3) is 3.89. The maximum atomic E-state index is 12.7. The summed E-state index contributed by atoms with van der Waals surface area (Å²) < 4.78 is 0. The summed E-state index contributed by atoms with van der Waals surface area (Å²) in [5.41, 5.74) is 0.427. The summed E-state index contributed by atoms with van der Waals surface area (Å²) in [6.07, 6.45) is 0.942. The number of rotatable bonds is 4. The zero-order valence-corrected chi connectivity index (χ0v) is 16.2. The number of likely N-dealkylation sites (tertiary alicyclic amines) is 2. The molecule has 1 aromatic rings. The molecule has 0 saturated carbocycles. The van der Waals surface area contributed by atoms with E-state index in [1.807, 2.05) is 4.90 Å². The Morgan fingerprint density at radius 3 is 2.54 bits per heavy atom. The molecule has 1 aromatic carbocycles. The quantitative estimate of drug-likeness (QED) is 0.876. The van der Waals surface area contributed by atoms with Crippen molar-refractivity contribution in [3.8, 4) is 0 Å². The van der Waals surface area contributed by atoms with Crippen LogP contribution in [0.2, 0.25) is 5.02 Å². The molecule has 6 heteroatoms. The molecule has 2 aliphatic rings. The Bertz CT molecular complexity index is 683. The van der Waals surface area contributed by atoms with E-state index in [2.05, 4.69) is 13.8 Å². The molecule has 1 N–H and O–H groups in total. The molecule has 1 atom stereocenters. The van der Waals surface area contributed by atoms with E-state index in [4.69, 9.17) is 11.6 Å². The van der Waals surface area contributed by atoms with E-state index in [1.54, 1.807) is 29.2 Å². The van der Waals surface area contributed by atoms with Gasteiger partial charge in [-0.25, -0.2) is 0 Å². The van der Waals surface area contributed by atoms with Crippen molar-refractivity contribution in [3.63, 3.8) is 0 Å². The number of hydrogen-bond donors (Lipinski definition) is 1. The zero-order chi connectivity index (χ0) is 18.9. The second-order valence-electron chi connectivity index (χ2n) is 8.09. The van der Waals surface area contributed by atoms with Gasteiger partial charge in [-0.3, -0.25) is 9.59 Å². The number of nitrogens with zero attached hydrogens (tertiary/aromatic N) is 2. The van der Waals surface area contributed by atoms with Gasteiger partial charge in [0.2, 0.25) is 5.91 Å². The average molecular weight is 379 g/mol. The Morgan fingerprint density at radius 2 is 1.92 bits per heavy atom. The number of aliphatic hydroxyl groups is 1. The SMILES string of the molecule is CC(C)CN1CC2(CCN(C(=O)[C@H](O)c3ccccc3Cl)CC2)CC1=O. The number of hydrogen-bond acceptors (Lipinski definition) is 3. The highest BCUT2D eigenvalue weighted by molar-refractivity contribution is 6.31. The molecule has 1 spiro atoms. The molecule has 3 rings (SSSR count). The van der Waals surface area contributed by atoms with Crippen molar-refractivity contribution in [2.75, 3.05) is 26.2 Å². The van der Waals surface area contributed by atoms with Gasteiger partial charge in [0.25, 0.3) is 5.91 Å². The van der Waals surface area contributed by atoms with Gasteiger partial charge < -0.3 is 14.9 Å². The first-order chi connectivity index (χ1) is 12.3. The molecule has 142 valence electrons. The molecule has 2 aliphatic heterocycles. The topological polar surface area (TPSA) is 60.9 Å². The average Bonchev–Trinajstić information content (AvgIpc) is 2.89. The van der Waals surface area contributed by atoms with Crippen LogP contribution in [0, 0.1) is 11.3 Å². The molecule has 0 bridgehead atoms. The van der Waals surface area contributed by atoms with Gasteiger partial charge in [-0.1, -0.05) is 43.6 Å². The molecule has 2 saturated heterocycles. The van der Waals surface area contributed by atoms with Gasteiger partial charge in [-0.2, -0.15) is 0 Å². The fourth-order valence-electron chi connectivity index (χ4n) is 4.13. The fourth-order valence-corrected chi connectivity index (χ4v) is 4.37. The van der Waals surface area contributed by atoms with Gasteiger partial charge in [0.15, 0.2) is 6.10 Å². The highest BCUT2D eigenvalue weighted by atomic mass is 35.5. The van der Waals surface area contributed by atoms with Crippen molar-refractivity contribution >= 4 is 23.4 Å². The third-order valence-corrected chi connectivity index (χ3v) is 5.90. The monoisotopic (exact) mass is 378 g/mol. The molecule has 2 amide bonds. The second-order valence-corrected chi connectivity index (χ2v) is 8.50. The lowest BCUT2D eigenvalue weighted by atomic mass is 9.77. The van der Waals surface area contributed by atoms with Crippen molar-refractivity contribution in [3.05, 3.63) is 34.9 Å². The number of benzene rings is 1. The molecular weight excluding hydrogens is 352 g/mol. The van der Waals surface area contributed by atoms with Crippen LogP contribution >= 0.6 is 11.6 Å². The summed E-state index contributed by atoms with van der Waals surface area (Å²) in [5.74, 6) is 0.382. The van der Waals surface area contributed by atoms with Crippen molar-refractivity contribution in [1.29, 1.82) is 0 Å². The van der Waals surface area contributed by atoms with Crippen LogP contribution < -0.4 is 0 Å². The summed E-state index contributed by atoms with van der Waals surface area (Å²) in [5, 5.41) is 10.8. The third-order valence-electron chi connectivity index (χ3n) is 5.56. The van der Waals surface area contributed by atoms with Gasteiger partial charge in [-0.05, 0) is 24.8 Å². The maximum Gasteiger partial charge on any atom is 0.256 e. The summed E-state index contributed by atoms with van der Waals surface area (Å²) in [6.45, 7) is 6.98. The van der Waals surface area contributed by atoms with E-state index in [0.717, 1.165) is 25.9 Å². The number of halogens is 1. The molecule has 2 heterocycles. The van der Waals surface area contributed by atoms with Crippen LogP contribution in [0.4, 0.5) is 0 Å². The summed E-state index contributed by atoms with van der Waals surface area (Å²) in [7, 11) is 0. The normalized spacial score (nSPS) is 20.9. The Hall–Kier alpha value is -1.59. The Morgan fingerprint density at radius 1 is 1.27 bits per heavy atom. The van der Waals surface area contributed by atoms with Crippen LogP contribution in [0.3, 0.4) is 0 Å². The van der Waals surface area contributed by atoms with Crippen LogP contribution in [0.25, 0.3) is 0 Å². The predicted octanol–water partition coefficient (Wildman–Crippen LogP) is 2.87. The first kappa shape index (κ1) is 19.2. The van der Waals surface area contributed by atoms with Crippen LogP contribution in [0.15, 0.2) is 24.3 Å². The molecular formula is C20H27ClN2O3. The number of piperidine rings is 1. The minimum Gasteiger partial charge on any atom is -0.378 e.